The van der Waals surface area contributed by atoms with E-state index in [0.717, 1.165) is 43.4 Å². The van der Waals surface area contributed by atoms with E-state index in [-0.39, 0.29) is 17.7 Å². The van der Waals surface area contributed by atoms with Crippen molar-refractivity contribution in [3.8, 4) is 11.1 Å². The van der Waals surface area contributed by atoms with Crippen LogP contribution in [0, 0.1) is 11.3 Å². The summed E-state index contributed by atoms with van der Waals surface area (Å²) < 4.78 is 0. The smallest absolute Gasteiger partial charge is 0.225 e. The second kappa shape index (κ2) is 7.18. The van der Waals surface area contributed by atoms with Crippen molar-refractivity contribution in [2.45, 2.75) is 32.1 Å². The highest BCUT2D eigenvalue weighted by atomic mass is 16.2. The Morgan fingerprint density at radius 3 is 2.30 bits per heavy atom. The van der Waals surface area contributed by atoms with E-state index in [9.17, 15) is 9.59 Å². The highest BCUT2D eigenvalue weighted by Gasteiger charge is 2.44. The molecule has 0 unspecified atom stereocenters. The minimum atomic E-state index is -0.656. The third kappa shape index (κ3) is 3.75. The molecule has 4 heteroatoms. The van der Waals surface area contributed by atoms with Gasteiger partial charge in [0.25, 0.3) is 0 Å². The van der Waals surface area contributed by atoms with Crippen molar-refractivity contribution in [1.29, 1.82) is 0 Å². The summed E-state index contributed by atoms with van der Waals surface area (Å²) in [5, 5.41) is 0. The third-order valence-corrected chi connectivity index (χ3v) is 5.94. The lowest BCUT2D eigenvalue weighted by Gasteiger charge is -2.41. The molecule has 0 bridgehead atoms. The lowest BCUT2D eigenvalue weighted by molar-refractivity contribution is -0.140. The van der Waals surface area contributed by atoms with E-state index in [1.807, 2.05) is 23.1 Å². The molecule has 0 spiro atoms. The molecule has 2 N–H and O–H groups in total. The molecular formula is C23H26N2O2. The molecule has 4 rings (SSSR count). The van der Waals surface area contributed by atoms with Crippen LogP contribution in [0.1, 0.15) is 31.2 Å². The Morgan fingerprint density at radius 1 is 1.00 bits per heavy atom. The van der Waals surface area contributed by atoms with Crippen molar-refractivity contribution in [1.82, 2.24) is 4.90 Å². The third-order valence-electron chi connectivity index (χ3n) is 5.94. The summed E-state index contributed by atoms with van der Waals surface area (Å²) in [5.74, 6) is 0.0986. The molecule has 2 fully saturated rings. The number of nitrogens with zero attached hydrogens (tertiary/aromatic N) is 1. The van der Waals surface area contributed by atoms with Crippen LogP contribution in [0.25, 0.3) is 11.1 Å². The van der Waals surface area contributed by atoms with Crippen LogP contribution in [0.15, 0.2) is 54.6 Å². The highest BCUT2D eigenvalue weighted by molar-refractivity contribution is 5.85. The number of carbonyl (C=O) groups is 2. The average molecular weight is 362 g/mol. The fourth-order valence-electron chi connectivity index (χ4n) is 4.18. The van der Waals surface area contributed by atoms with Gasteiger partial charge in [-0.2, -0.15) is 0 Å². The second-order valence-corrected chi connectivity index (χ2v) is 8.02. The SMILES string of the molecule is NC(=O)[C@]1(Cc2ccc(-c3ccccc3)cc2)CCCN(C(=O)C2CC2)C1. The summed E-state index contributed by atoms with van der Waals surface area (Å²) >= 11 is 0. The number of primary amides is 1. The first-order valence-electron chi connectivity index (χ1n) is 9.80. The molecular weight excluding hydrogens is 336 g/mol. The minimum Gasteiger partial charge on any atom is -0.369 e. The zero-order valence-electron chi connectivity index (χ0n) is 15.6. The van der Waals surface area contributed by atoms with Crippen molar-refractivity contribution in [2.24, 2.45) is 17.1 Å². The van der Waals surface area contributed by atoms with E-state index < -0.39 is 5.41 Å². The predicted octanol–water partition coefficient (Wildman–Crippen LogP) is 3.40. The fourth-order valence-corrected chi connectivity index (χ4v) is 4.18. The van der Waals surface area contributed by atoms with E-state index >= 15 is 0 Å². The van der Waals surface area contributed by atoms with E-state index in [1.54, 1.807) is 0 Å². The van der Waals surface area contributed by atoms with Crippen molar-refractivity contribution in [3.63, 3.8) is 0 Å². The topological polar surface area (TPSA) is 63.4 Å². The van der Waals surface area contributed by atoms with Crippen LogP contribution < -0.4 is 5.73 Å². The van der Waals surface area contributed by atoms with Crippen LogP contribution in [0.4, 0.5) is 0 Å². The van der Waals surface area contributed by atoms with Gasteiger partial charge in [0.2, 0.25) is 11.8 Å². The molecule has 27 heavy (non-hydrogen) atoms. The second-order valence-electron chi connectivity index (χ2n) is 8.02. The van der Waals surface area contributed by atoms with Crippen LogP contribution >= 0.6 is 0 Å². The summed E-state index contributed by atoms with van der Waals surface area (Å²) in [4.78, 5) is 26.8. The lowest BCUT2D eigenvalue weighted by Crippen LogP contribution is -2.53. The van der Waals surface area contributed by atoms with E-state index in [0.29, 0.717) is 13.0 Å². The lowest BCUT2D eigenvalue weighted by atomic mass is 9.74. The molecule has 2 aliphatic rings. The molecule has 1 atom stereocenters. The van der Waals surface area contributed by atoms with Gasteiger partial charge in [-0.1, -0.05) is 54.6 Å². The van der Waals surface area contributed by atoms with Gasteiger partial charge in [-0.25, -0.2) is 0 Å². The van der Waals surface area contributed by atoms with Gasteiger partial charge in [-0.05, 0) is 48.8 Å². The standard InChI is InChI=1S/C23H26N2O2/c24-22(27)23(13-4-14-25(16-23)21(26)20-11-12-20)15-17-7-9-19(10-8-17)18-5-2-1-3-6-18/h1-3,5-10,20H,4,11-16H2,(H2,24,27)/t23-/m0/s1. The number of hydrogen-bond donors (Lipinski definition) is 1. The van der Waals surface area contributed by atoms with E-state index in [4.69, 9.17) is 5.73 Å². The van der Waals surface area contributed by atoms with Crippen LogP contribution in [-0.4, -0.2) is 29.8 Å². The molecule has 140 valence electrons. The van der Waals surface area contributed by atoms with Crippen LogP contribution in [0.5, 0.6) is 0 Å². The normalized spacial score (nSPS) is 22.4. The van der Waals surface area contributed by atoms with Gasteiger partial charge in [0.05, 0.1) is 5.41 Å². The van der Waals surface area contributed by atoms with Crippen molar-refractivity contribution in [3.05, 3.63) is 60.2 Å². The van der Waals surface area contributed by atoms with Crippen molar-refractivity contribution < 1.29 is 9.59 Å². The summed E-state index contributed by atoms with van der Waals surface area (Å²) in [5.41, 5.74) is 8.61. The molecule has 2 aromatic rings. The summed E-state index contributed by atoms with van der Waals surface area (Å²) in [6, 6.07) is 18.6. The Morgan fingerprint density at radius 2 is 1.67 bits per heavy atom. The summed E-state index contributed by atoms with van der Waals surface area (Å²) in [7, 11) is 0. The number of carbonyl (C=O) groups excluding carboxylic acids is 2. The zero-order valence-corrected chi connectivity index (χ0v) is 15.6. The maximum absolute atomic E-state index is 12.5. The van der Waals surface area contributed by atoms with Crippen LogP contribution in [0.2, 0.25) is 0 Å². The van der Waals surface area contributed by atoms with Crippen LogP contribution in [0.3, 0.4) is 0 Å². The van der Waals surface area contributed by atoms with Gasteiger partial charge in [0, 0.05) is 19.0 Å². The van der Waals surface area contributed by atoms with Gasteiger partial charge in [-0.15, -0.1) is 0 Å². The van der Waals surface area contributed by atoms with Gasteiger partial charge >= 0.3 is 0 Å². The monoisotopic (exact) mass is 362 g/mol. The molecule has 1 saturated carbocycles. The first-order valence-corrected chi connectivity index (χ1v) is 9.80. The number of benzene rings is 2. The minimum absolute atomic E-state index is 0.179. The highest BCUT2D eigenvalue weighted by Crippen LogP contribution is 2.38. The Balaban J connectivity index is 1.52. The molecule has 1 heterocycles. The molecule has 1 saturated heterocycles. The Kier molecular flexibility index (Phi) is 4.73. The molecule has 4 nitrogen and oxygen atoms in total. The molecule has 2 aromatic carbocycles. The number of piperidine rings is 1. The number of hydrogen-bond acceptors (Lipinski definition) is 2. The van der Waals surface area contributed by atoms with Gasteiger partial charge in [0.15, 0.2) is 0 Å². The number of nitrogens with two attached hydrogens (primary N) is 1. The summed E-state index contributed by atoms with van der Waals surface area (Å²) in [6.07, 6.45) is 4.15. The number of likely N-dealkylation sites (tertiary alicyclic amines) is 1. The first-order chi connectivity index (χ1) is 13.1. The van der Waals surface area contributed by atoms with Gasteiger partial charge in [0.1, 0.15) is 0 Å². The molecule has 0 radical (unpaired) electrons. The number of amides is 2. The maximum atomic E-state index is 12.5. The van der Waals surface area contributed by atoms with E-state index in [1.165, 1.54) is 5.56 Å². The Labute approximate surface area is 160 Å². The molecule has 1 aliphatic heterocycles. The van der Waals surface area contributed by atoms with Crippen LogP contribution in [-0.2, 0) is 16.0 Å². The first kappa shape index (κ1) is 17.8. The molecule has 0 aromatic heterocycles. The maximum Gasteiger partial charge on any atom is 0.225 e. The largest absolute Gasteiger partial charge is 0.369 e. The van der Waals surface area contributed by atoms with Gasteiger partial charge in [-0.3, -0.25) is 9.59 Å². The van der Waals surface area contributed by atoms with Gasteiger partial charge < -0.3 is 10.6 Å². The quantitative estimate of drug-likeness (QED) is 0.886. The Hall–Kier alpha value is -2.62. The summed E-state index contributed by atoms with van der Waals surface area (Å²) in [6.45, 7) is 1.20. The fraction of sp³-hybridized carbons (Fsp3) is 0.391. The number of rotatable bonds is 5. The van der Waals surface area contributed by atoms with Crippen molar-refractivity contribution in [2.75, 3.05) is 13.1 Å². The van der Waals surface area contributed by atoms with E-state index in [2.05, 4.69) is 36.4 Å². The molecule has 1 aliphatic carbocycles. The van der Waals surface area contributed by atoms with Crippen molar-refractivity contribution >= 4 is 11.8 Å². The average Bonchev–Trinajstić information content (AvgIpc) is 3.54. The Bertz CT molecular complexity index is 827. The zero-order chi connectivity index (χ0) is 18.9. The molecule has 2 amide bonds. The predicted molar refractivity (Wildman–Crippen MR) is 106 cm³/mol.